The molecule has 1 heterocycles. The summed E-state index contributed by atoms with van der Waals surface area (Å²) in [6.45, 7) is 6.61. The van der Waals surface area contributed by atoms with Crippen LogP contribution in [0.1, 0.15) is 0 Å². The first kappa shape index (κ1) is 6.48. The average Bonchev–Trinajstić information content (AvgIpc) is 2.08. The Morgan fingerprint density at radius 2 is 2.11 bits per heavy atom. The van der Waals surface area contributed by atoms with Crippen LogP contribution in [0.2, 0.25) is 19.6 Å². The molecule has 4 heteroatoms. The lowest BCUT2D eigenvalue weighted by molar-refractivity contribution is 0.929. The molecule has 0 aliphatic carbocycles. The predicted octanol–water partition coefficient (Wildman–Crippen LogP) is 0.761. The summed E-state index contributed by atoms with van der Waals surface area (Å²) in [5.41, 5.74) is 0. The molecule has 0 atom stereocenters. The van der Waals surface area contributed by atoms with E-state index in [0.29, 0.717) is 0 Å². The highest BCUT2D eigenvalue weighted by Crippen LogP contribution is 2.00. The summed E-state index contributed by atoms with van der Waals surface area (Å²) in [5, 5.41) is 3.93. The Morgan fingerprint density at radius 1 is 1.44 bits per heavy atom. The number of hydrogen-bond acceptors (Lipinski definition) is 2. The largest absolute Gasteiger partial charge is 0.283 e. The Hall–Kier alpha value is -0.643. The number of rotatable bonds is 1. The van der Waals surface area contributed by atoms with Gasteiger partial charge in [-0.1, -0.05) is 0 Å². The third kappa shape index (κ3) is 1.38. The van der Waals surface area contributed by atoms with Gasteiger partial charge in [0.2, 0.25) is 6.33 Å². The zero-order chi connectivity index (χ0) is 6.91. The normalized spacial score (nSPS) is 11.9. The van der Waals surface area contributed by atoms with Crippen LogP contribution in [0.5, 0.6) is 0 Å². The van der Waals surface area contributed by atoms with E-state index in [0.717, 1.165) is 0 Å². The van der Waals surface area contributed by atoms with E-state index in [-0.39, 0.29) is 0 Å². The van der Waals surface area contributed by atoms with E-state index in [9.17, 15) is 0 Å². The second-order valence-corrected chi connectivity index (χ2v) is 7.76. The van der Waals surface area contributed by atoms with Crippen LogP contribution in [-0.4, -0.2) is 22.7 Å². The van der Waals surface area contributed by atoms with Gasteiger partial charge in [0.1, 0.15) is 6.33 Å². The van der Waals surface area contributed by atoms with Crippen molar-refractivity contribution in [2.24, 2.45) is 0 Å². The van der Waals surface area contributed by atoms with Gasteiger partial charge in [0, 0.05) is 0 Å². The highest BCUT2D eigenvalue weighted by Gasteiger charge is 2.16. The molecular formula is C5H10N3Si. The van der Waals surface area contributed by atoms with E-state index >= 15 is 0 Å². The monoisotopic (exact) mass is 140 g/mol. The minimum Gasteiger partial charge on any atom is -0.283 e. The molecule has 0 aliphatic rings. The minimum atomic E-state index is -1.27. The summed E-state index contributed by atoms with van der Waals surface area (Å²) < 4.78 is 1.91. The molecule has 0 amide bonds. The van der Waals surface area contributed by atoms with Crippen LogP contribution in [0.3, 0.4) is 0 Å². The van der Waals surface area contributed by atoms with Crippen molar-refractivity contribution in [1.82, 2.24) is 14.4 Å². The molecule has 9 heavy (non-hydrogen) atoms. The molecule has 0 N–H and O–H groups in total. The molecule has 0 spiro atoms. The van der Waals surface area contributed by atoms with Crippen LogP contribution in [-0.2, 0) is 0 Å². The van der Waals surface area contributed by atoms with Crippen LogP contribution in [0, 0.1) is 6.33 Å². The van der Waals surface area contributed by atoms with Crippen LogP contribution in [0.15, 0.2) is 6.33 Å². The van der Waals surface area contributed by atoms with Gasteiger partial charge in [-0.3, -0.25) is 4.35 Å². The standard InChI is InChI=1S/C5H10N3Si/c1-9(2,3)8-5-6-4-7-8/h5H,1-3H3. The fourth-order valence-corrected chi connectivity index (χ4v) is 1.25. The van der Waals surface area contributed by atoms with Crippen LogP contribution in [0.4, 0.5) is 0 Å². The molecule has 0 aliphatic heterocycles. The van der Waals surface area contributed by atoms with Crippen molar-refractivity contribution in [3.63, 3.8) is 0 Å². The predicted molar refractivity (Wildman–Crippen MR) is 37.6 cm³/mol. The second-order valence-electron chi connectivity index (χ2n) is 2.96. The van der Waals surface area contributed by atoms with Crippen molar-refractivity contribution in [1.29, 1.82) is 0 Å². The fourth-order valence-electron chi connectivity index (χ4n) is 0.504. The maximum Gasteiger partial charge on any atom is 0.219 e. The first-order valence-electron chi connectivity index (χ1n) is 2.89. The Morgan fingerprint density at radius 3 is 2.33 bits per heavy atom. The van der Waals surface area contributed by atoms with Crippen molar-refractivity contribution in [2.75, 3.05) is 0 Å². The van der Waals surface area contributed by atoms with Gasteiger partial charge in [-0.05, 0) is 19.6 Å². The number of aromatic nitrogens is 3. The second kappa shape index (κ2) is 1.95. The first-order valence-corrected chi connectivity index (χ1v) is 6.33. The van der Waals surface area contributed by atoms with E-state index in [2.05, 4.69) is 36.1 Å². The Balaban J connectivity index is 2.90. The third-order valence-corrected chi connectivity index (χ3v) is 2.65. The van der Waals surface area contributed by atoms with Gasteiger partial charge >= 0.3 is 0 Å². The lowest BCUT2D eigenvalue weighted by Gasteiger charge is -2.13. The zero-order valence-corrected chi connectivity index (χ0v) is 6.92. The van der Waals surface area contributed by atoms with Crippen LogP contribution < -0.4 is 0 Å². The molecule has 1 aromatic heterocycles. The SMILES string of the molecule is C[Si](C)(C)n1cn[c]n1. The molecular weight excluding hydrogens is 130 g/mol. The summed E-state index contributed by atoms with van der Waals surface area (Å²) in [6.07, 6.45) is 4.26. The first-order chi connectivity index (χ1) is 4.11. The molecule has 1 rings (SSSR count). The average molecular weight is 140 g/mol. The summed E-state index contributed by atoms with van der Waals surface area (Å²) in [6, 6.07) is 0. The van der Waals surface area contributed by atoms with Crippen LogP contribution >= 0.6 is 0 Å². The van der Waals surface area contributed by atoms with Gasteiger partial charge in [-0.2, -0.15) is 5.10 Å². The van der Waals surface area contributed by atoms with Gasteiger partial charge in [0.05, 0.1) is 0 Å². The summed E-state index contributed by atoms with van der Waals surface area (Å²) in [7, 11) is -1.27. The molecule has 0 aromatic carbocycles. The third-order valence-electron chi connectivity index (χ3n) is 1.06. The zero-order valence-electron chi connectivity index (χ0n) is 5.92. The maximum atomic E-state index is 3.93. The van der Waals surface area contributed by atoms with Gasteiger partial charge in [0.25, 0.3) is 0 Å². The van der Waals surface area contributed by atoms with E-state index < -0.39 is 8.24 Å². The van der Waals surface area contributed by atoms with Crippen molar-refractivity contribution in [3.05, 3.63) is 12.7 Å². The smallest absolute Gasteiger partial charge is 0.219 e. The molecule has 1 aromatic rings. The molecule has 3 nitrogen and oxygen atoms in total. The molecule has 0 saturated heterocycles. The highest BCUT2D eigenvalue weighted by molar-refractivity contribution is 6.74. The fraction of sp³-hybridized carbons (Fsp3) is 0.600. The van der Waals surface area contributed by atoms with E-state index in [1.165, 1.54) is 0 Å². The Kier molecular flexibility index (Phi) is 1.40. The van der Waals surface area contributed by atoms with E-state index in [1.807, 2.05) is 4.35 Å². The van der Waals surface area contributed by atoms with Gasteiger partial charge in [-0.25, -0.2) is 4.98 Å². The molecule has 0 fully saturated rings. The minimum absolute atomic E-state index is 1.27. The Bertz CT molecular complexity index is 175. The van der Waals surface area contributed by atoms with Gasteiger partial charge in [-0.15, -0.1) is 0 Å². The molecule has 0 unspecified atom stereocenters. The summed E-state index contributed by atoms with van der Waals surface area (Å²) in [5.74, 6) is 0. The topological polar surface area (TPSA) is 30.7 Å². The summed E-state index contributed by atoms with van der Waals surface area (Å²) in [4.78, 5) is 3.75. The van der Waals surface area contributed by atoms with Crippen LogP contribution in [0.25, 0.3) is 0 Å². The Labute approximate surface area is 55.8 Å². The van der Waals surface area contributed by atoms with E-state index in [4.69, 9.17) is 0 Å². The van der Waals surface area contributed by atoms with Crippen molar-refractivity contribution < 1.29 is 0 Å². The van der Waals surface area contributed by atoms with Gasteiger partial charge < -0.3 is 0 Å². The molecule has 49 valence electrons. The number of nitrogens with zero attached hydrogens (tertiary/aromatic N) is 3. The summed E-state index contributed by atoms with van der Waals surface area (Å²) >= 11 is 0. The van der Waals surface area contributed by atoms with E-state index in [1.54, 1.807) is 6.33 Å². The highest BCUT2D eigenvalue weighted by atomic mass is 28.3. The van der Waals surface area contributed by atoms with Crippen molar-refractivity contribution in [2.45, 2.75) is 19.6 Å². The molecule has 1 radical (unpaired) electrons. The van der Waals surface area contributed by atoms with Crippen molar-refractivity contribution >= 4 is 8.24 Å². The molecule has 0 saturated carbocycles. The van der Waals surface area contributed by atoms with Gasteiger partial charge in [0.15, 0.2) is 8.24 Å². The maximum absolute atomic E-state index is 3.93. The number of hydrogen-bond donors (Lipinski definition) is 0. The lowest BCUT2D eigenvalue weighted by atomic mass is 11.3. The molecule has 0 bridgehead atoms. The van der Waals surface area contributed by atoms with Crippen molar-refractivity contribution in [3.8, 4) is 0 Å². The quantitative estimate of drug-likeness (QED) is 0.539. The lowest BCUT2D eigenvalue weighted by Crippen LogP contribution is -2.32.